The Bertz CT molecular complexity index is 681. The van der Waals surface area contributed by atoms with Crippen LogP contribution in [0.1, 0.15) is 47.1 Å². The molecule has 2 aromatic rings. The van der Waals surface area contributed by atoms with Crippen molar-refractivity contribution >= 4 is 0 Å². The fraction of sp³-hybridized carbons (Fsp3) is 0.400. The van der Waals surface area contributed by atoms with Crippen LogP contribution in [0.4, 0.5) is 0 Å². The van der Waals surface area contributed by atoms with E-state index >= 15 is 0 Å². The van der Waals surface area contributed by atoms with Crippen molar-refractivity contribution in [3.63, 3.8) is 0 Å². The molecule has 0 amide bonds. The molecule has 0 radical (unpaired) electrons. The maximum Gasteiger partial charge on any atom is 0.0431 e. The fourth-order valence-electron chi connectivity index (χ4n) is 4.52. The zero-order valence-electron chi connectivity index (χ0n) is 13.1. The summed E-state index contributed by atoms with van der Waals surface area (Å²) in [6, 6.07) is 18.8. The highest BCUT2D eigenvalue weighted by Gasteiger charge is 2.42. The number of benzene rings is 2. The maximum absolute atomic E-state index is 9.30. The molecule has 0 saturated heterocycles. The largest absolute Gasteiger partial charge is 0.396 e. The molecule has 2 aliphatic heterocycles. The minimum atomic E-state index is 0.283. The van der Waals surface area contributed by atoms with Crippen molar-refractivity contribution in [2.75, 3.05) is 13.7 Å². The van der Waals surface area contributed by atoms with Crippen LogP contribution in [-0.4, -0.2) is 29.7 Å². The van der Waals surface area contributed by atoms with Gasteiger partial charge in [-0.1, -0.05) is 48.5 Å². The summed E-state index contributed by atoms with van der Waals surface area (Å²) in [6.45, 7) is 0.283. The number of rotatable bonds is 3. The quantitative estimate of drug-likeness (QED) is 0.936. The molecule has 0 aromatic heterocycles. The van der Waals surface area contributed by atoms with Gasteiger partial charge < -0.3 is 5.11 Å². The van der Waals surface area contributed by atoms with Crippen molar-refractivity contribution in [1.29, 1.82) is 0 Å². The Morgan fingerprint density at radius 2 is 1.68 bits per heavy atom. The summed E-state index contributed by atoms with van der Waals surface area (Å²) in [6.07, 6.45) is 3.02. The number of nitrogens with zero attached hydrogens (tertiary/aromatic N) is 1. The second kappa shape index (κ2) is 5.53. The van der Waals surface area contributed by atoms with Gasteiger partial charge in [0.2, 0.25) is 0 Å². The van der Waals surface area contributed by atoms with E-state index < -0.39 is 0 Å². The normalized spacial score (nSPS) is 26.4. The molecule has 0 spiro atoms. The monoisotopic (exact) mass is 293 g/mol. The number of aliphatic hydroxyl groups is 1. The van der Waals surface area contributed by atoms with E-state index in [9.17, 15) is 5.11 Å². The van der Waals surface area contributed by atoms with E-state index in [0.29, 0.717) is 18.0 Å². The van der Waals surface area contributed by atoms with Gasteiger partial charge in [-0.15, -0.1) is 0 Å². The van der Waals surface area contributed by atoms with Crippen LogP contribution in [0, 0.1) is 0 Å². The molecule has 5 rings (SSSR count). The van der Waals surface area contributed by atoms with Gasteiger partial charge in [-0.3, -0.25) is 4.90 Å². The molecule has 114 valence electrons. The molecule has 2 heterocycles. The lowest BCUT2D eigenvalue weighted by molar-refractivity contribution is 0.131. The number of likely N-dealkylation sites (N-methyl/N-ethyl adjacent to an activating group) is 1. The number of hydrogen-bond donors (Lipinski definition) is 1. The van der Waals surface area contributed by atoms with Crippen molar-refractivity contribution in [3.8, 4) is 0 Å². The van der Waals surface area contributed by atoms with Gasteiger partial charge in [0.25, 0.3) is 0 Å². The SMILES string of the molecule is CN1C2Cc3ccccc3C(c3ccccc32)C1CCCO. The van der Waals surface area contributed by atoms with E-state index in [2.05, 4.69) is 60.5 Å². The average Bonchev–Trinajstić information content (AvgIpc) is 2.77. The first-order valence-electron chi connectivity index (χ1n) is 8.30. The third-order valence-electron chi connectivity index (χ3n) is 5.55. The van der Waals surface area contributed by atoms with Crippen molar-refractivity contribution in [3.05, 3.63) is 70.8 Å². The van der Waals surface area contributed by atoms with Crippen LogP contribution < -0.4 is 0 Å². The predicted molar refractivity (Wildman–Crippen MR) is 89.0 cm³/mol. The summed E-state index contributed by atoms with van der Waals surface area (Å²) < 4.78 is 0. The first-order valence-corrected chi connectivity index (χ1v) is 8.30. The highest BCUT2D eigenvalue weighted by molar-refractivity contribution is 5.50. The third kappa shape index (κ3) is 2.02. The molecular formula is C20H23NO. The number of hydrogen-bond acceptors (Lipinski definition) is 2. The molecule has 1 N–H and O–H groups in total. The summed E-state index contributed by atoms with van der Waals surface area (Å²) in [5.74, 6) is 0.433. The zero-order valence-corrected chi connectivity index (χ0v) is 13.1. The van der Waals surface area contributed by atoms with E-state index in [1.165, 1.54) is 22.3 Å². The molecule has 3 aliphatic rings. The van der Waals surface area contributed by atoms with Crippen LogP contribution in [0.2, 0.25) is 0 Å². The predicted octanol–water partition coefficient (Wildman–Crippen LogP) is 3.50. The van der Waals surface area contributed by atoms with Crippen molar-refractivity contribution < 1.29 is 5.11 Å². The van der Waals surface area contributed by atoms with Gasteiger partial charge >= 0.3 is 0 Å². The van der Waals surface area contributed by atoms with E-state index in [1.54, 1.807) is 0 Å². The summed E-state index contributed by atoms with van der Waals surface area (Å²) in [5, 5.41) is 9.30. The van der Waals surface area contributed by atoms with Crippen LogP contribution in [0.3, 0.4) is 0 Å². The van der Waals surface area contributed by atoms with Crippen LogP contribution in [0.15, 0.2) is 48.5 Å². The van der Waals surface area contributed by atoms with Gasteiger partial charge in [0, 0.05) is 24.6 Å². The van der Waals surface area contributed by atoms with E-state index in [1.807, 2.05) is 0 Å². The Morgan fingerprint density at radius 1 is 1.00 bits per heavy atom. The maximum atomic E-state index is 9.30. The summed E-state index contributed by atoms with van der Waals surface area (Å²) in [4.78, 5) is 2.56. The number of fused-ring (bicyclic) bond motifs is 1. The zero-order chi connectivity index (χ0) is 15.1. The first-order chi connectivity index (χ1) is 10.8. The van der Waals surface area contributed by atoms with E-state index in [4.69, 9.17) is 0 Å². The van der Waals surface area contributed by atoms with Crippen molar-refractivity contribution in [2.24, 2.45) is 0 Å². The summed E-state index contributed by atoms with van der Waals surface area (Å²) >= 11 is 0. The second-order valence-corrected chi connectivity index (χ2v) is 6.62. The lowest BCUT2D eigenvalue weighted by atomic mass is 9.77. The minimum Gasteiger partial charge on any atom is -0.396 e. The molecule has 2 bridgehead atoms. The van der Waals surface area contributed by atoms with Crippen LogP contribution >= 0.6 is 0 Å². The molecule has 1 aliphatic carbocycles. The Balaban J connectivity index is 1.90. The van der Waals surface area contributed by atoms with Crippen molar-refractivity contribution in [1.82, 2.24) is 4.90 Å². The Morgan fingerprint density at radius 3 is 2.45 bits per heavy atom. The van der Waals surface area contributed by atoms with E-state index in [0.717, 1.165) is 19.3 Å². The Kier molecular flexibility index (Phi) is 3.51. The van der Waals surface area contributed by atoms with Gasteiger partial charge in [0.1, 0.15) is 0 Å². The molecule has 22 heavy (non-hydrogen) atoms. The molecule has 2 aromatic carbocycles. The molecule has 2 heteroatoms. The smallest absolute Gasteiger partial charge is 0.0431 e. The molecule has 0 saturated carbocycles. The lowest BCUT2D eigenvalue weighted by Crippen LogP contribution is -2.43. The number of aliphatic hydroxyl groups excluding tert-OH is 1. The Labute approximate surface area is 132 Å². The van der Waals surface area contributed by atoms with Gasteiger partial charge in [0.05, 0.1) is 0 Å². The lowest BCUT2D eigenvalue weighted by Gasteiger charge is -2.43. The van der Waals surface area contributed by atoms with Crippen LogP contribution in [-0.2, 0) is 6.42 Å². The van der Waals surface area contributed by atoms with Crippen molar-refractivity contribution in [2.45, 2.75) is 37.3 Å². The highest BCUT2D eigenvalue weighted by atomic mass is 16.2. The summed E-state index contributed by atoms with van der Waals surface area (Å²) in [7, 11) is 2.27. The van der Waals surface area contributed by atoms with Crippen LogP contribution in [0.5, 0.6) is 0 Å². The molecule has 3 atom stereocenters. The Hall–Kier alpha value is -1.64. The molecular weight excluding hydrogens is 270 g/mol. The van der Waals surface area contributed by atoms with Gasteiger partial charge in [0.15, 0.2) is 0 Å². The fourth-order valence-corrected chi connectivity index (χ4v) is 4.52. The van der Waals surface area contributed by atoms with Gasteiger partial charge in [-0.25, -0.2) is 0 Å². The average molecular weight is 293 g/mol. The van der Waals surface area contributed by atoms with E-state index in [-0.39, 0.29) is 6.61 Å². The topological polar surface area (TPSA) is 23.5 Å². The minimum absolute atomic E-state index is 0.283. The third-order valence-corrected chi connectivity index (χ3v) is 5.55. The molecule has 0 fully saturated rings. The van der Waals surface area contributed by atoms with Crippen LogP contribution in [0.25, 0.3) is 0 Å². The second-order valence-electron chi connectivity index (χ2n) is 6.62. The van der Waals surface area contributed by atoms with Gasteiger partial charge in [-0.05, 0) is 48.6 Å². The first kappa shape index (κ1) is 14.0. The van der Waals surface area contributed by atoms with Gasteiger partial charge in [-0.2, -0.15) is 0 Å². The molecule has 2 nitrogen and oxygen atoms in total. The molecule has 3 unspecified atom stereocenters. The standard InChI is InChI=1S/C20H23NO/c1-21-18(11-6-12-22)20-15-8-3-2-7-14(15)13-19(21)16-9-4-5-10-17(16)20/h2-5,7-10,18-20,22H,6,11-13H2,1H3. The summed E-state index contributed by atoms with van der Waals surface area (Å²) in [5.41, 5.74) is 5.97. The highest BCUT2D eigenvalue weighted by Crippen LogP contribution is 2.49.